The van der Waals surface area contributed by atoms with Crippen molar-refractivity contribution in [3.05, 3.63) is 34.9 Å². The summed E-state index contributed by atoms with van der Waals surface area (Å²) in [5, 5.41) is 11.6. The minimum absolute atomic E-state index is 0.0802. The van der Waals surface area contributed by atoms with Crippen molar-refractivity contribution in [2.75, 3.05) is 11.9 Å². The lowest BCUT2D eigenvalue weighted by Gasteiger charge is -2.13. The maximum Gasteiger partial charge on any atom is 0.341 e. The molecule has 0 unspecified atom stereocenters. The van der Waals surface area contributed by atoms with Crippen LogP contribution in [0.5, 0.6) is 5.75 Å². The fraction of sp³-hybridized carbons (Fsp3) is 0.375. The van der Waals surface area contributed by atoms with Crippen LogP contribution in [0.25, 0.3) is 0 Å². The molecule has 0 atom stereocenters. The Kier molecular flexibility index (Phi) is 5.83. The molecule has 2 rings (SSSR count). The van der Waals surface area contributed by atoms with Crippen molar-refractivity contribution in [1.82, 2.24) is 0 Å². The van der Waals surface area contributed by atoms with Crippen molar-refractivity contribution in [2.24, 2.45) is 0 Å². The lowest BCUT2D eigenvalue weighted by Crippen LogP contribution is -2.13. The summed E-state index contributed by atoms with van der Waals surface area (Å²) in [6.45, 7) is -0.459. The summed E-state index contributed by atoms with van der Waals surface area (Å²) in [4.78, 5) is 22.4. The first-order valence-electron chi connectivity index (χ1n) is 7.16. The first kappa shape index (κ1) is 16.4. The zero-order valence-corrected chi connectivity index (χ0v) is 12.9. The highest BCUT2D eigenvalue weighted by Gasteiger charge is 2.11. The van der Waals surface area contributed by atoms with Gasteiger partial charge in [0.15, 0.2) is 6.61 Å². The lowest BCUT2D eigenvalue weighted by molar-refractivity contribution is -0.139. The third-order valence-electron chi connectivity index (χ3n) is 3.34. The minimum Gasteiger partial charge on any atom is -0.480 e. The molecular formula is C16H18ClNO4. The van der Waals surface area contributed by atoms with Crippen molar-refractivity contribution in [3.8, 4) is 5.75 Å². The van der Waals surface area contributed by atoms with Crippen molar-refractivity contribution < 1.29 is 19.4 Å². The zero-order chi connectivity index (χ0) is 15.9. The number of rotatable bonds is 6. The number of carboxylic acid groups (broad SMARTS) is 1. The largest absolute Gasteiger partial charge is 0.480 e. The number of allylic oxidation sites excluding steroid dienone is 1. The molecule has 1 amide bonds. The van der Waals surface area contributed by atoms with Crippen LogP contribution in [0.15, 0.2) is 29.8 Å². The Labute approximate surface area is 133 Å². The number of carbonyl (C=O) groups is 2. The quantitative estimate of drug-likeness (QED) is 0.784. The SMILES string of the molecule is O=C(O)COc1ccc(NC(=O)CC2=CCCCC2)cc1Cl. The van der Waals surface area contributed by atoms with E-state index < -0.39 is 12.6 Å². The Morgan fingerprint density at radius 3 is 2.77 bits per heavy atom. The van der Waals surface area contributed by atoms with Gasteiger partial charge in [-0.15, -0.1) is 0 Å². The molecule has 22 heavy (non-hydrogen) atoms. The van der Waals surface area contributed by atoms with E-state index in [1.807, 2.05) is 0 Å². The Hall–Kier alpha value is -2.01. The molecule has 0 fully saturated rings. The molecule has 1 aliphatic rings. The third kappa shape index (κ3) is 5.07. The van der Waals surface area contributed by atoms with Gasteiger partial charge in [0, 0.05) is 12.1 Å². The van der Waals surface area contributed by atoms with E-state index in [4.69, 9.17) is 21.4 Å². The van der Waals surface area contributed by atoms with Gasteiger partial charge in [0.25, 0.3) is 0 Å². The van der Waals surface area contributed by atoms with E-state index in [0.29, 0.717) is 12.1 Å². The smallest absolute Gasteiger partial charge is 0.341 e. The van der Waals surface area contributed by atoms with Crippen molar-refractivity contribution in [1.29, 1.82) is 0 Å². The molecule has 118 valence electrons. The summed E-state index contributed by atoms with van der Waals surface area (Å²) in [7, 11) is 0. The number of anilines is 1. The van der Waals surface area contributed by atoms with E-state index >= 15 is 0 Å². The Bertz CT molecular complexity index is 598. The predicted octanol–water partition coefficient (Wildman–Crippen LogP) is 3.63. The number of carbonyl (C=O) groups excluding carboxylic acids is 1. The van der Waals surface area contributed by atoms with Crippen molar-refractivity contribution in [2.45, 2.75) is 32.1 Å². The Balaban J connectivity index is 1.92. The maximum atomic E-state index is 12.0. The summed E-state index contributed by atoms with van der Waals surface area (Å²) >= 11 is 6.01. The summed E-state index contributed by atoms with van der Waals surface area (Å²) < 4.78 is 5.03. The monoisotopic (exact) mass is 323 g/mol. The van der Waals surface area contributed by atoms with Gasteiger partial charge in [-0.05, 0) is 43.9 Å². The summed E-state index contributed by atoms with van der Waals surface area (Å²) in [6, 6.07) is 4.73. The molecule has 5 nitrogen and oxygen atoms in total. The fourth-order valence-electron chi connectivity index (χ4n) is 2.31. The number of ether oxygens (including phenoxy) is 1. The van der Waals surface area contributed by atoms with E-state index in [2.05, 4.69) is 11.4 Å². The Morgan fingerprint density at radius 2 is 2.14 bits per heavy atom. The number of halogens is 1. The van der Waals surface area contributed by atoms with Gasteiger partial charge >= 0.3 is 5.97 Å². The number of benzene rings is 1. The fourth-order valence-corrected chi connectivity index (χ4v) is 2.55. The van der Waals surface area contributed by atoms with E-state index in [-0.39, 0.29) is 16.7 Å². The summed E-state index contributed by atoms with van der Waals surface area (Å²) in [6.07, 6.45) is 6.90. The summed E-state index contributed by atoms with van der Waals surface area (Å²) in [5.74, 6) is -0.880. The molecular weight excluding hydrogens is 306 g/mol. The number of aliphatic carboxylic acids is 1. The van der Waals surface area contributed by atoms with Crippen LogP contribution in [0.2, 0.25) is 5.02 Å². The van der Waals surface area contributed by atoms with Gasteiger partial charge < -0.3 is 15.2 Å². The van der Waals surface area contributed by atoms with E-state index in [1.54, 1.807) is 18.2 Å². The molecule has 1 aliphatic carbocycles. The van der Waals surface area contributed by atoms with Crippen LogP contribution in [-0.2, 0) is 9.59 Å². The van der Waals surface area contributed by atoms with E-state index in [1.165, 1.54) is 12.0 Å². The summed E-state index contributed by atoms with van der Waals surface area (Å²) in [5.41, 5.74) is 1.74. The molecule has 6 heteroatoms. The molecule has 0 spiro atoms. The van der Waals surface area contributed by atoms with Gasteiger partial charge in [-0.3, -0.25) is 4.79 Å². The molecule has 0 bridgehead atoms. The number of hydrogen-bond donors (Lipinski definition) is 2. The van der Waals surface area contributed by atoms with Crippen LogP contribution < -0.4 is 10.1 Å². The predicted molar refractivity (Wildman–Crippen MR) is 84.4 cm³/mol. The van der Waals surface area contributed by atoms with Gasteiger partial charge in [0.2, 0.25) is 5.91 Å². The molecule has 0 aromatic heterocycles. The highest BCUT2D eigenvalue weighted by Crippen LogP contribution is 2.28. The van der Waals surface area contributed by atoms with Crippen LogP contribution in [-0.4, -0.2) is 23.6 Å². The average molecular weight is 324 g/mol. The zero-order valence-electron chi connectivity index (χ0n) is 12.1. The van der Waals surface area contributed by atoms with Gasteiger partial charge in [-0.25, -0.2) is 4.79 Å². The van der Waals surface area contributed by atoms with E-state index in [0.717, 1.165) is 19.3 Å². The van der Waals surface area contributed by atoms with Crippen molar-refractivity contribution in [3.63, 3.8) is 0 Å². The van der Waals surface area contributed by atoms with Crippen LogP contribution in [0.3, 0.4) is 0 Å². The first-order chi connectivity index (χ1) is 10.5. The standard InChI is InChI=1S/C16H18ClNO4/c17-13-9-12(6-7-14(13)22-10-16(20)21)18-15(19)8-11-4-2-1-3-5-11/h4,6-7,9H,1-3,5,8,10H2,(H,18,19)(H,20,21). The van der Waals surface area contributed by atoms with Crippen molar-refractivity contribution >= 4 is 29.2 Å². The molecule has 0 radical (unpaired) electrons. The Morgan fingerprint density at radius 1 is 1.32 bits per heavy atom. The lowest BCUT2D eigenvalue weighted by atomic mass is 9.97. The second-order valence-corrected chi connectivity index (χ2v) is 5.57. The molecule has 0 saturated heterocycles. The van der Waals surface area contributed by atoms with Gasteiger partial charge in [-0.1, -0.05) is 23.3 Å². The third-order valence-corrected chi connectivity index (χ3v) is 3.63. The number of hydrogen-bond acceptors (Lipinski definition) is 3. The minimum atomic E-state index is -1.07. The van der Waals surface area contributed by atoms with Crippen LogP contribution in [0.1, 0.15) is 32.1 Å². The number of carboxylic acids is 1. The topological polar surface area (TPSA) is 75.6 Å². The second kappa shape index (κ2) is 7.84. The highest BCUT2D eigenvalue weighted by atomic mass is 35.5. The normalized spacial score (nSPS) is 14.1. The molecule has 0 aliphatic heterocycles. The van der Waals surface area contributed by atoms with Gasteiger partial charge in [0.1, 0.15) is 5.75 Å². The van der Waals surface area contributed by atoms with E-state index in [9.17, 15) is 9.59 Å². The number of nitrogens with one attached hydrogen (secondary N) is 1. The molecule has 2 N–H and O–H groups in total. The molecule has 0 heterocycles. The van der Waals surface area contributed by atoms with Gasteiger partial charge in [-0.2, -0.15) is 0 Å². The van der Waals surface area contributed by atoms with Crippen LogP contribution >= 0.6 is 11.6 Å². The molecule has 0 saturated carbocycles. The molecule has 1 aromatic carbocycles. The first-order valence-corrected chi connectivity index (χ1v) is 7.54. The average Bonchev–Trinajstić information content (AvgIpc) is 2.47. The molecule has 1 aromatic rings. The van der Waals surface area contributed by atoms with Crippen LogP contribution in [0.4, 0.5) is 5.69 Å². The van der Waals surface area contributed by atoms with Gasteiger partial charge in [0.05, 0.1) is 5.02 Å². The second-order valence-electron chi connectivity index (χ2n) is 5.16. The highest BCUT2D eigenvalue weighted by molar-refractivity contribution is 6.32. The number of amides is 1. The maximum absolute atomic E-state index is 12.0. The van der Waals surface area contributed by atoms with Crippen LogP contribution in [0, 0.1) is 0 Å².